The first kappa shape index (κ1) is 14.5. The van der Waals surface area contributed by atoms with Gasteiger partial charge in [-0.3, -0.25) is 4.79 Å². The molecule has 5 nitrogen and oxygen atoms in total. The van der Waals surface area contributed by atoms with Gasteiger partial charge in [0.15, 0.2) is 12.2 Å². The lowest BCUT2D eigenvalue weighted by molar-refractivity contribution is -0.162. The van der Waals surface area contributed by atoms with Gasteiger partial charge in [-0.05, 0) is 38.3 Å². The van der Waals surface area contributed by atoms with E-state index in [1.54, 1.807) is 6.92 Å². The van der Waals surface area contributed by atoms with E-state index in [9.17, 15) is 9.59 Å². The Morgan fingerprint density at radius 3 is 2.80 bits per heavy atom. The Hall–Kier alpha value is -1.88. The molecule has 0 aliphatic carbocycles. The average Bonchev–Trinajstić information content (AvgIpc) is 2.95. The van der Waals surface area contributed by atoms with Crippen LogP contribution in [0.15, 0.2) is 24.3 Å². The van der Waals surface area contributed by atoms with Gasteiger partial charge in [-0.25, -0.2) is 4.79 Å². The number of ether oxygens (including phenoxy) is 2. The highest BCUT2D eigenvalue weighted by atomic mass is 16.6. The van der Waals surface area contributed by atoms with E-state index in [1.165, 1.54) is 0 Å². The number of hydrogen-bond acceptors (Lipinski definition) is 4. The largest absolute Gasteiger partial charge is 0.451 e. The molecule has 5 heteroatoms. The van der Waals surface area contributed by atoms with Gasteiger partial charge in [0.1, 0.15) is 0 Å². The van der Waals surface area contributed by atoms with E-state index < -0.39 is 18.2 Å². The third kappa shape index (κ3) is 3.57. The van der Waals surface area contributed by atoms with Crippen LogP contribution in [0.25, 0.3) is 0 Å². The van der Waals surface area contributed by atoms with Gasteiger partial charge in [0, 0.05) is 12.3 Å². The highest BCUT2D eigenvalue weighted by Gasteiger charge is 2.28. The molecule has 1 amide bonds. The van der Waals surface area contributed by atoms with Crippen molar-refractivity contribution >= 4 is 17.6 Å². The molecule has 1 aliphatic rings. The second-order valence-electron chi connectivity index (χ2n) is 4.88. The summed E-state index contributed by atoms with van der Waals surface area (Å²) in [6, 6.07) is 7.44. The first-order chi connectivity index (χ1) is 9.58. The zero-order valence-electron chi connectivity index (χ0n) is 11.7. The zero-order valence-corrected chi connectivity index (χ0v) is 11.7. The number of nitrogens with one attached hydrogen (secondary N) is 1. The predicted molar refractivity (Wildman–Crippen MR) is 74.3 cm³/mol. The lowest BCUT2D eigenvalue weighted by Gasteiger charge is -2.16. The number of hydrogen-bond donors (Lipinski definition) is 1. The summed E-state index contributed by atoms with van der Waals surface area (Å²) >= 11 is 0. The maximum atomic E-state index is 12.0. The van der Waals surface area contributed by atoms with Crippen molar-refractivity contribution < 1.29 is 19.1 Å². The van der Waals surface area contributed by atoms with E-state index in [1.807, 2.05) is 31.2 Å². The van der Waals surface area contributed by atoms with Crippen LogP contribution in [0.3, 0.4) is 0 Å². The molecule has 1 fully saturated rings. The minimum absolute atomic E-state index is 0.342. The molecule has 1 aliphatic heterocycles. The number of amides is 1. The second kappa shape index (κ2) is 6.52. The molecule has 2 rings (SSSR count). The van der Waals surface area contributed by atoms with Crippen LogP contribution in [0.1, 0.15) is 25.3 Å². The number of anilines is 1. The van der Waals surface area contributed by atoms with Crippen molar-refractivity contribution in [2.45, 2.75) is 38.9 Å². The third-order valence-corrected chi connectivity index (χ3v) is 3.26. The summed E-state index contributed by atoms with van der Waals surface area (Å²) in [5, 5.41) is 2.75. The van der Waals surface area contributed by atoms with E-state index in [4.69, 9.17) is 9.47 Å². The Morgan fingerprint density at radius 1 is 1.40 bits per heavy atom. The minimum atomic E-state index is -0.841. The van der Waals surface area contributed by atoms with Crippen LogP contribution in [0, 0.1) is 6.92 Å². The summed E-state index contributed by atoms with van der Waals surface area (Å²) in [5.74, 6) is -0.805. The fourth-order valence-electron chi connectivity index (χ4n) is 2.01. The van der Waals surface area contributed by atoms with Gasteiger partial charge in [0.25, 0.3) is 5.91 Å². The zero-order chi connectivity index (χ0) is 14.5. The molecule has 0 saturated carbocycles. The van der Waals surface area contributed by atoms with Crippen LogP contribution in [0.2, 0.25) is 0 Å². The minimum Gasteiger partial charge on any atom is -0.451 e. The van der Waals surface area contributed by atoms with Gasteiger partial charge in [-0.1, -0.05) is 18.2 Å². The number of rotatable bonds is 4. The van der Waals surface area contributed by atoms with Crippen LogP contribution in [-0.4, -0.2) is 30.7 Å². The van der Waals surface area contributed by atoms with Gasteiger partial charge in [-0.15, -0.1) is 0 Å². The quantitative estimate of drug-likeness (QED) is 0.855. The SMILES string of the molecule is Cc1ccccc1NC(=O)[C@H](C)OC(=O)[C@H]1CCCO1. The normalized spacial score (nSPS) is 19.4. The smallest absolute Gasteiger partial charge is 0.336 e. The maximum absolute atomic E-state index is 12.0. The summed E-state index contributed by atoms with van der Waals surface area (Å²) in [5.41, 5.74) is 1.68. The summed E-state index contributed by atoms with van der Waals surface area (Å²) < 4.78 is 10.4. The van der Waals surface area contributed by atoms with E-state index in [-0.39, 0.29) is 5.91 Å². The molecule has 0 spiro atoms. The van der Waals surface area contributed by atoms with Crippen molar-refractivity contribution in [1.29, 1.82) is 0 Å². The second-order valence-corrected chi connectivity index (χ2v) is 4.88. The number of carbonyl (C=O) groups excluding carboxylic acids is 2. The van der Waals surface area contributed by atoms with Crippen molar-refractivity contribution in [1.82, 2.24) is 0 Å². The molecular weight excluding hydrogens is 258 g/mol. The third-order valence-electron chi connectivity index (χ3n) is 3.26. The molecule has 1 saturated heterocycles. The van der Waals surface area contributed by atoms with Crippen molar-refractivity contribution in [3.05, 3.63) is 29.8 Å². The van der Waals surface area contributed by atoms with Gasteiger partial charge in [0.2, 0.25) is 0 Å². The Kier molecular flexibility index (Phi) is 4.74. The molecular formula is C15H19NO4. The molecule has 2 atom stereocenters. The van der Waals surface area contributed by atoms with Crippen LogP contribution < -0.4 is 5.32 Å². The van der Waals surface area contributed by atoms with E-state index in [2.05, 4.69) is 5.32 Å². The Bertz CT molecular complexity index is 494. The molecule has 108 valence electrons. The number of esters is 1. The Balaban J connectivity index is 1.88. The van der Waals surface area contributed by atoms with E-state index >= 15 is 0 Å². The molecule has 1 heterocycles. The number of benzene rings is 1. The standard InChI is InChI=1S/C15H19NO4/c1-10-6-3-4-7-12(10)16-14(17)11(2)20-15(18)13-8-5-9-19-13/h3-4,6-7,11,13H,5,8-9H2,1-2H3,(H,16,17)/t11-,13+/m0/s1. The lowest BCUT2D eigenvalue weighted by Crippen LogP contribution is -2.34. The van der Waals surface area contributed by atoms with Crippen molar-refractivity contribution in [3.8, 4) is 0 Å². The van der Waals surface area contributed by atoms with Crippen molar-refractivity contribution in [2.75, 3.05) is 11.9 Å². The van der Waals surface area contributed by atoms with Crippen LogP contribution in [0.5, 0.6) is 0 Å². The summed E-state index contributed by atoms with van der Waals surface area (Å²) in [6.07, 6.45) is 0.143. The first-order valence-corrected chi connectivity index (χ1v) is 6.76. The molecule has 0 bridgehead atoms. The maximum Gasteiger partial charge on any atom is 0.336 e. The topological polar surface area (TPSA) is 64.6 Å². The fraction of sp³-hybridized carbons (Fsp3) is 0.467. The molecule has 20 heavy (non-hydrogen) atoms. The summed E-state index contributed by atoms with van der Waals surface area (Å²) in [6.45, 7) is 4.03. The molecule has 0 aromatic heterocycles. The fourth-order valence-corrected chi connectivity index (χ4v) is 2.01. The first-order valence-electron chi connectivity index (χ1n) is 6.76. The molecule has 1 aromatic carbocycles. The van der Waals surface area contributed by atoms with Gasteiger partial charge in [0.05, 0.1) is 0 Å². The highest BCUT2D eigenvalue weighted by Crippen LogP contribution is 2.16. The van der Waals surface area contributed by atoms with Gasteiger partial charge < -0.3 is 14.8 Å². The monoisotopic (exact) mass is 277 g/mol. The lowest BCUT2D eigenvalue weighted by atomic mass is 10.2. The number of aryl methyl sites for hydroxylation is 1. The summed E-state index contributed by atoms with van der Waals surface area (Å²) in [4.78, 5) is 23.7. The van der Waals surface area contributed by atoms with E-state index in [0.717, 1.165) is 17.7 Å². The molecule has 0 radical (unpaired) electrons. The summed E-state index contributed by atoms with van der Waals surface area (Å²) in [7, 11) is 0. The van der Waals surface area contributed by atoms with Crippen molar-refractivity contribution in [2.24, 2.45) is 0 Å². The van der Waals surface area contributed by atoms with Crippen molar-refractivity contribution in [3.63, 3.8) is 0 Å². The van der Waals surface area contributed by atoms with Crippen LogP contribution in [-0.2, 0) is 19.1 Å². The average molecular weight is 277 g/mol. The Morgan fingerprint density at radius 2 is 2.15 bits per heavy atom. The number of carbonyl (C=O) groups is 2. The van der Waals surface area contributed by atoms with Crippen LogP contribution in [0.4, 0.5) is 5.69 Å². The molecule has 1 N–H and O–H groups in total. The highest BCUT2D eigenvalue weighted by molar-refractivity contribution is 5.95. The van der Waals surface area contributed by atoms with Gasteiger partial charge in [-0.2, -0.15) is 0 Å². The van der Waals surface area contributed by atoms with Crippen LogP contribution >= 0.6 is 0 Å². The van der Waals surface area contributed by atoms with E-state index in [0.29, 0.717) is 13.0 Å². The molecule has 1 aromatic rings. The predicted octanol–water partition coefficient (Wildman–Crippen LogP) is 2.04. The number of para-hydroxylation sites is 1. The van der Waals surface area contributed by atoms with Gasteiger partial charge >= 0.3 is 5.97 Å². The Labute approximate surface area is 118 Å². The molecule has 0 unspecified atom stereocenters.